The molecule has 2 heterocycles. The molecule has 0 aliphatic carbocycles. The van der Waals surface area contributed by atoms with Gasteiger partial charge in [-0.2, -0.15) is 0 Å². The molecule has 0 spiro atoms. The summed E-state index contributed by atoms with van der Waals surface area (Å²) in [4.78, 5) is 17.8. The molecule has 1 N–H and O–H groups in total. The number of hydrogen-bond acceptors (Lipinski definition) is 3. The molecule has 0 radical (unpaired) electrons. The number of imidazole rings is 1. The summed E-state index contributed by atoms with van der Waals surface area (Å²) in [5.74, 6) is 0.221. The first-order chi connectivity index (χ1) is 13.5. The van der Waals surface area contributed by atoms with Crippen molar-refractivity contribution in [3.63, 3.8) is 0 Å². The maximum atomic E-state index is 13.8. The van der Waals surface area contributed by atoms with Crippen LogP contribution in [0.2, 0.25) is 5.02 Å². The number of ether oxygens (including phenoxy) is 1. The van der Waals surface area contributed by atoms with Gasteiger partial charge in [-0.15, -0.1) is 0 Å². The lowest BCUT2D eigenvalue weighted by molar-refractivity contribution is -0.130. The molecule has 0 atom stereocenters. The van der Waals surface area contributed by atoms with Crippen molar-refractivity contribution in [1.82, 2.24) is 14.9 Å². The van der Waals surface area contributed by atoms with Gasteiger partial charge in [-0.1, -0.05) is 29.8 Å². The van der Waals surface area contributed by atoms with Crippen molar-refractivity contribution in [2.45, 2.75) is 24.8 Å². The van der Waals surface area contributed by atoms with Crippen LogP contribution in [0.1, 0.15) is 24.2 Å². The summed E-state index contributed by atoms with van der Waals surface area (Å²) >= 11 is 6.28. The van der Waals surface area contributed by atoms with Crippen molar-refractivity contribution in [2.75, 3.05) is 13.2 Å². The average molecular weight is 402 g/mol. The fourth-order valence-electron chi connectivity index (χ4n) is 3.91. The Morgan fingerprint density at radius 3 is 2.75 bits per heavy atom. The highest BCUT2D eigenvalue weighted by atomic mass is 35.5. The molecule has 4 rings (SSSR count). The van der Waals surface area contributed by atoms with Crippen LogP contribution in [0.25, 0.3) is 11.0 Å². The molecule has 0 unspecified atom stereocenters. The Bertz CT molecular complexity index is 1030. The van der Waals surface area contributed by atoms with E-state index in [1.807, 2.05) is 35.9 Å². The average Bonchev–Trinajstić information content (AvgIpc) is 3.03. The number of hydrogen-bond donors (Lipinski definition) is 1. The van der Waals surface area contributed by atoms with E-state index in [0.717, 1.165) is 11.0 Å². The molecule has 5 nitrogen and oxygen atoms in total. The number of carbonyl (C=O) groups is 1. The minimum absolute atomic E-state index is 0.139. The standard InChI is InChI=1S/C21H21ClFN3O2/c1-26-18(25-17-7-3-6-16(22)19(17)26)13-24-20(27)21(8-10-28-11-9-21)14-4-2-5-15(23)12-14/h2-7,12H,8-11,13H2,1H3,(H,24,27). The van der Waals surface area contributed by atoms with Crippen LogP contribution in [0.3, 0.4) is 0 Å². The predicted molar refractivity (Wildman–Crippen MR) is 106 cm³/mol. The Morgan fingerprint density at radius 2 is 2.04 bits per heavy atom. The third kappa shape index (κ3) is 3.27. The Hall–Kier alpha value is -2.44. The van der Waals surface area contributed by atoms with Crippen LogP contribution >= 0.6 is 11.6 Å². The van der Waals surface area contributed by atoms with Crippen LogP contribution in [-0.2, 0) is 28.5 Å². The summed E-state index contributed by atoms with van der Waals surface area (Å²) < 4.78 is 21.2. The fraction of sp³-hybridized carbons (Fsp3) is 0.333. The minimum atomic E-state index is -0.803. The molecule has 146 valence electrons. The molecule has 1 aromatic heterocycles. The predicted octanol–water partition coefficient (Wildman–Crippen LogP) is 3.73. The van der Waals surface area contributed by atoms with E-state index in [1.54, 1.807) is 6.07 Å². The number of aromatic nitrogens is 2. The summed E-state index contributed by atoms with van der Waals surface area (Å²) in [7, 11) is 1.87. The van der Waals surface area contributed by atoms with Gasteiger partial charge in [-0.25, -0.2) is 9.37 Å². The fourth-order valence-corrected chi connectivity index (χ4v) is 4.21. The normalized spacial score (nSPS) is 16.2. The number of para-hydroxylation sites is 1. The van der Waals surface area contributed by atoms with E-state index < -0.39 is 5.41 Å². The van der Waals surface area contributed by atoms with Crippen molar-refractivity contribution in [3.8, 4) is 0 Å². The van der Waals surface area contributed by atoms with Crippen molar-refractivity contribution in [3.05, 3.63) is 64.7 Å². The largest absolute Gasteiger partial charge is 0.381 e. The highest BCUT2D eigenvalue weighted by molar-refractivity contribution is 6.35. The molecule has 1 saturated heterocycles. The van der Waals surface area contributed by atoms with Gasteiger partial charge in [0.2, 0.25) is 5.91 Å². The molecular weight excluding hydrogens is 381 g/mol. The van der Waals surface area contributed by atoms with Gasteiger partial charge in [-0.3, -0.25) is 4.79 Å². The summed E-state index contributed by atoms with van der Waals surface area (Å²) in [6.45, 7) is 1.19. The molecule has 1 amide bonds. The number of fused-ring (bicyclic) bond motifs is 1. The van der Waals surface area contributed by atoms with Crippen molar-refractivity contribution >= 4 is 28.5 Å². The van der Waals surface area contributed by atoms with E-state index in [0.29, 0.717) is 42.5 Å². The van der Waals surface area contributed by atoms with E-state index in [9.17, 15) is 9.18 Å². The number of rotatable bonds is 4. The molecule has 1 aliphatic rings. The summed E-state index contributed by atoms with van der Waals surface area (Å²) in [6.07, 6.45) is 1.02. The number of benzene rings is 2. The Labute approximate surface area is 167 Å². The third-order valence-corrected chi connectivity index (χ3v) is 5.81. The second-order valence-corrected chi connectivity index (χ2v) is 7.49. The van der Waals surface area contributed by atoms with Gasteiger partial charge < -0.3 is 14.6 Å². The Kier molecular flexibility index (Phi) is 5.08. The van der Waals surface area contributed by atoms with Crippen LogP contribution in [0.5, 0.6) is 0 Å². The molecular formula is C21H21ClFN3O2. The SMILES string of the molecule is Cn1c(CNC(=O)C2(c3cccc(F)c3)CCOCC2)nc2cccc(Cl)c21. The molecule has 3 aromatic rings. The molecule has 28 heavy (non-hydrogen) atoms. The number of amides is 1. The van der Waals surface area contributed by atoms with Crippen LogP contribution in [0.4, 0.5) is 4.39 Å². The van der Waals surface area contributed by atoms with Crippen molar-refractivity contribution in [2.24, 2.45) is 7.05 Å². The van der Waals surface area contributed by atoms with Crippen molar-refractivity contribution < 1.29 is 13.9 Å². The summed E-state index contributed by atoms with van der Waals surface area (Å²) in [5.41, 5.74) is 1.49. The maximum Gasteiger partial charge on any atom is 0.231 e. The monoisotopic (exact) mass is 401 g/mol. The quantitative estimate of drug-likeness (QED) is 0.724. The van der Waals surface area contributed by atoms with Crippen LogP contribution in [0, 0.1) is 5.82 Å². The van der Waals surface area contributed by atoms with Gasteiger partial charge in [0.25, 0.3) is 0 Å². The first-order valence-electron chi connectivity index (χ1n) is 9.23. The lowest BCUT2D eigenvalue weighted by atomic mass is 9.73. The molecule has 7 heteroatoms. The van der Waals surface area contributed by atoms with Gasteiger partial charge >= 0.3 is 0 Å². The van der Waals surface area contributed by atoms with E-state index in [4.69, 9.17) is 16.3 Å². The number of nitrogens with one attached hydrogen (secondary N) is 1. The smallest absolute Gasteiger partial charge is 0.231 e. The lowest BCUT2D eigenvalue weighted by Crippen LogP contribution is -2.48. The van der Waals surface area contributed by atoms with Gasteiger partial charge in [0, 0.05) is 20.3 Å². The van der Waals surface area contributed by atoms with Gasteiger partial charge in [-0.05, 0) is 42.7 Å². The first kappa shape index (κ1) is 18.9. The second kappa shape index (κ2) is 7.53. The molecule has 0 saturated carbocycles. The topological polar surface area (TPSA) is 56.2 Å². The molecule has 0 bridgehead atoms. The number of aryl methyl sites for hydroxylation is 1. The number of carbonyl (C=O) groups excluding carboxylic acids is 1. The number of halogens is 2. The Balaban J connectivity index is 1.61. The first-order valence-corrected chi connectivity index (χ1v) is 9.61. The highest BCUT2D eigenvalue weighted by Crippen LogP contribution is 2.35. The maximum absolute atomic E-state index is 13.8. The third-order valence-electron chi connectivity index (χ3n) is 5.50. The minimum Gasteiger partial charge on any atom is -0.381 e. The van der Waals surface area contributed by atoms with Crippen LogP contribution in [-0.4, -0.2) is 28.7 Å². The van der Waals surface area contributed by atoms with Gasteiger partial charge in [0.1, 0.15) is 11.6 Å². The van der Waals surface area contributed by atoms with Crippen LogP contribution < -0.4 is 5.32 Å². The molecule has 1 fully saturated rings. The summed E-state index contributed by atoms with van der Waals surface area (Å²) in [5, 5.41) is 3.62. The lowest BCUT2D eigenvalue weighted by Gasteiger charge is -2.36. The zero-order chi connectivity index (χ0) is 19.7. The zero-order valence-corrected chi connectivity index (χ0v) is 16.3. The van der Waals surface area contributed by atoms with Gasteiger partial charge in [0.05, 0.1) is 28.0 Å². The van der Waals surface area contributed by atoms with Gasteiger partial charge in [0.15, 0.2) is 0 Å². The molecule has 1 aliphatic heterocycles. The van der Waals surface area contributed by atoms with E-state index in [2.05, 4.69) is 10.3 Å². The highest BCUT2D eigenvalue weighted by Gasteiger charge is 2.41. The van der Waals surface area contributed by atoms with Crippen molar-refractivity contribution in [1.29, 1.82) is 0 Å². The zero-order valence-electron chi connectivity index (χ0n) is 15.5. The summed E-state index contributed by atoms with van der Waals surface area (Å²) in [6, 6.07) is 11.8. The number of nitrogens with zero attached hydrogens (tertiary/aromatic N) is 2. The van der Waals surface area contributed by atoms with E-state index in [1.165, 1.54) is 12.1 Å². The van der Waals surface area contributed by atoms with E-state index in [-0.39, 0.29) is 18.3 Å². The second-order valence-electron chi connectivity index (χ2n) is 7.08. The Morgan fingerprint density at radius 1 is 1.29 bits per heavy atom. The van der Waals surface area contributed by atoms with E-state index >= 15 is 0 Å². The molecule has 2 aromatic carbocycles. The van der Waals surface area contributed by atoms with Crippen LogP contribution in [0.15, 0.2) is 42.5 Å².